The molecular formula is C35H49N5O8. The third-order valence-corrected chi connectivity index (χ3v) is 9.71. The maximum Gasteiger partial charge on any atom is 0.303 e. The predicted molar refractivity (Wildman–Crippen MR) is 175 cm³/mol. The van der Waals surface area contributed by atoms with Crippen LogP contribution in [0.1, 0.15) is 72.4 Å². The lowest BCUT2D eigenvalue weighted by Gasteiger charge is -2.37. The number of rotatable bonds is 13. The third kappa shape index (κ3) is 8.22. The van der Waals surface area contributed by atoms with Crippen LogP contribution in [-0.2, 0) is 38.3 Å². The predicted octanol–water partition coefficient (Wildman–Crippen LogP) is 1.36. The van der Waals surface area contributed by atoms with Crippen LogP contribution in [0.4, 0.5) is 0 Å². The van der Waals surface area contributed by atoms with E-state index in [1.165, 1.54) is 16.7 Å². The Morgan fingerprint density at radius 1 is 1.00 bits per heavy atom. The molecule has 3 unspecified atom stereocenters. The first-order valence-corrected chi connectivity index (χ1v) is 16.5. The normalized spacial score (nSPS) is 22.7. The largest absolute Gasteiger partial charge is 0.452 e. The average molecular weight is 668 g/mol. The number of benzene rings is 1. The van der Waals surface area contributed by atoms with Crippen LogP contribution in [0.5, 0.6) is 0 Å². The summed E-state index contributed by atoms with van der Waals surface area (Å²) in [5.41, 5.74) is -0.396. The molecule has 2 saturated carbocycles. The quantitative estimate of drug-likeness (QED) is 0.209. The molecule has 0 aromatic heterocycles. The van der Waals surface area contributed by atoms with Crippen molar-refractivity contribution in [2.75, 3.05) is 27.2 Å². The Morgan fingerprint density at radius 2 is 1.62 bits per heavy atom. The van der Waals surface area contributed by atoms with E-state index < -0.39 is 71.6 Å². The number of amides is 5. The first kappa shape index (κ1) is 36.5. The summed E-state index contributed by atoms with van der Waals surface area (Å²) in [5.74, 6) is -4.59. The van der Waals surface area contributed by atoms with E-state index in [0.29, 0.717) is 12.1 Å². The lowest BCUT2D eigenvalue weighted by molar-refractivity contribution is -0.168. The Balaban J connectivity index is 1.45. The summed E-state index contributed by atoms with van der Waals surface area (Å²) in [6.07, 6.45) is 0.840. The molecule has 262 valence electrons. The van der Waals surface area contributed by atoms with Gasteiger partial charge in [-0.15, -0.1) is 0 Å². The van der Waals surface area contributed by atoms with E-state index in [-0.39, 0.29) is 35.5 Å². The number of hydrogen-bond donors (Lipinski definition) is 3. The van der Waals surface area contributed by atoms with Gasteiger partial charge >= 0.3 is 5.97 Å². The molecule has 0 radical (unpaired) electrons. The second kappa shape index (κ2) is 14.1. The highest BCUT2D eigenvalue weighted by Gasteiger charge is 2.70. The number of carbonyl (C=O) groups is 7. The molecule has 0 bridgehead atoms. The smallest absolute Gasteiger partial charge is 0.303 e. The zero-order chi connectivity index (χ0) is 35.7. The number of carbonyl (C=O) groups excluding carboxylic acids is 7. The summed E-state index contributed by atoms with van der Waals surface area (Å²) in [5, 5.41) is 7.74. The maximum absolute atomic E-state index is 14.0. The number of nitrogens with one attached hydrogen (secondary N) is 3. The van der Waals surface area contributed by atoms with Gasteiger partial charge < -0.3 is 30.5 Å². The molecule has 5 amide bonds. The van der Waals surface area contributed by atoms with E-state index in [4.69, 9.17) is 4.74 Å². The molecule has 1 aromatic rings. The molecule has 2 aliphatic carbocycles. The summed E-state index contributed by atoms with van der Waals surface area (Å²) < 4.78 is 5.43. The van der Waals surface area contributed by atoms with Crippen molar-refractivity contribution in [2.24, 2.45) is 28.6 Å². The Labute approximate surface area is 281 Å². The lowest BCUT2D eigenvalue weighted by atomic mass is 9.87. The summed E-state index contributed by atoms with van der Waals surface area (Å²) in [7, 11) is 3.13. The van der Waals surface area contributed by atoms with E-state index in [1.54, 1.807) is 65.2 Å². The van der Waals surface area contributed by atoms with E-state index in [1.807, 2.05) is 13.8 Å². The maximum atomic E-state index is 14.0. The summed E-state index contributed by atoms with van der Waals surface area (Å²) in [6.45, 7) is 10.4. The molecule has 0 spiro atoms. The fraction of sp³-hybridized carbons (Fsp3) is 0.629. The number of likely N-dealkylation sites (tertiary alicyclic amines) is 1. The van der Waals surface area contributed by atoms with Gasteiger partial charge in [0.15, 0.2) is 6.10 Å². The first-order valence-electron chi connectivity index (χ1n) is 16.5. The van der Waals surface area contributed by atoms with Crippen LogP contribution in [0.2, 0.25) is 0 Å². The SMILES string of the molecule is CC(=O)O[C@H](C(=O)N1CC2C([C@H]1C(=O)NC(CC1CC1)C(=O)C(=O)NCC(=O)N[C@H](C(=O)N(C)C)c1ccccc1)C2(C)C)C(C)(C)C. The monoisotopic (exact) mass is 667 g/mol. The molecule has 1 aromatic carbocycles. The third-order valence-electron chi connectivity index (χ3n) is 9.71. The molecular weight excluding hydrogens is 618 g/mol. The highest BCUT2D eigenvalue weighted by molar-refractivity contribution is 6.38. The Morgan fingerprint density at radius 3 is 2.17 bits per heavy atom. The average Bonchev–Trinajstić information content (AvgIpc) is 3.87. The molecule has 4 rings (SSSR count). The molecule has 3 aliphatic rings. The number of ether oxygens (including phenoxy) is 1. The van der Waals surface area contributed by atoms with Gasteiger partial charge in [0.05, 0.1) is 12.6 Å². The van der Waals surface area contributed by atoms with Gasteiger partial charge in [0.1, 0.15) is 12.1 Å². The minimum Gasteiger partial charge on any atom is -0.452 e. The van der Waals surface area contributed by atoms with Gasteiger partial charge in [-0.3, -0.25) is 33.6 Å². The van der Waals surface area contributed by atoms with Gasteiger partial charge in [-0.25, -0.2) is 0 Å². The second-order valence-corrected chi connectivity index (χ2v) is 15.2. The number of piperidine rings is 1. The van der Waals surface area contributed by atoms with E-state index in [0.717, 1.165) is 12.8 Å². The molecule has 13 nitrogen and oxygen atoms in total. The molecule has 48 heavy (non-hydrogen) atoms. The molecule has 3 fully saturated rings. The van der Waals surface area contributed by atoms with Crippen LogP contribution in [0.25, 0.3) is 0 Å². The van der Waals surface area contributed by atoms with Crippen LogP contribution in [0.15, 0.2) is 30.3 Å². The van der Waals surface area contributed by atoms with Gasteiger partial charge in [-0.2, -0.15) is 0 Å². The van der Waals surface area contributed by atoms with Gasteiger partial charge in [-0.1, -0.05) is 77.8 Å². The minimum atomic E-state index is -1.16. The van der Waals surface area contributed by atoms with E-state index >= 15 is 0 Å². The zero-order valence-corrected chi connectivity index (χ0v) is 29.1. The Kier molecular flexibility index (Phi) is 10.7. The van der Waals surface area contributed by atoms with Crippen molar-refractivity contribution in [3.05, 3.63) is 35.9 Å². The van der Waals surface area contributed by atoms with Gasteiger partial charge in [-0.05, 0) is 35.2 Å². The van der Waals surface area contributed by atoms with E-state index in [9.17, 15) is 33.6 Å². The van der Waals surface area contributed by atoms with Crippen LogP contribution in [-0.4, -0.2) is 96.5 Å². The molecule has 1 saturated heterocycles. The zero-order valence-electron chi connectivity index (χ0n) is 29.1. The standard InChI is InChI=1S/C35H49N5O8/c1-19(41)48-29(34(2,3)4)33(47)40-18-22-25(35(22,5)6)27(40)30(44)37-23(16-20-14-15-20)28(43)31(45)36-17-24(42)38-26(32(46)39(7)8)21-12-10-9-11-13-21/h9-13,20,22-23,25-27,29H,14-18H2,1-8H3,(H,36,45)(H,37,44)(H,38,42)/t22?,23?,25?,26-,27-,29+/m0/s1. The molecule has 13 heteroatoms. The Hall–Kier alpha value is -4.29. The van der Waals surface area contributed by atoms with E-state index in [2.05, 4.69) is 16.0 Å². The number of esters is 1. The van der Waals surface area contributed by atoms with Crippen molar-refractivity contribution < 1.29 is 38.3 Å². The minimum absolute atomic E-state index is 0.0497. The van der Waals surface area contributed by atoms with Crippen LogP contribution < -0.4 is 16.0 Å². The van der Waals surface area contributed by atoms with Crippen molar-refractivity contribution in [2.45, 2.75) is 85.0 Å². The topological polar surface area (TPSA) is 171 Å². The Bertz CT molecular complexity index is 1450. The fourth-order valence-corrected chi connectivity index (χ4v) is 6.71. The summed E-state index contributed by atoms with van der Waals surface area (Å²) >= 11 is 0. The van der Waals surface area contributed by atoms with Gasteiger partial charge in [0.25, 0.3) is 11.8 Å². The number of Topliss-reactive ketones (excluding diaryl/α,β-unsaturated/α-hetero) is 1. The van der Waals surface area contributed by atoms with Crippen molar-refractivity contribution in [1.82, 2.24) is 25.8 Å². The number of hydrogen-bond acceptors (Lipinski definition) is 8. The first-order chi connectivity index (χ1) is 22.3. The van der Waals surface area contributed by atoms with Crippen LogP contribution >= 0.6 is 0 Å². The van der Waals surface area contributed by atoms with Crippen LogP contribution in [0, 0.1) is 28.6 Å². The molecule has 1 heterocycles. The van der Waals surface area contributed by atoms with Crippen molar-refractivity contribution in [3.8, 4) is 0 Å². The summed E-state index contributed by atoms with van der Waals surface area (Å²) in [4.78, 5) is 94.6. The number of fused-ring (bicyclic) bond motifs is 1. The fourth-order valence-electron chi connectivity index (χ4n) is 6.71. The number of nitrogens with zero attached hydrogens (tertiary/aromatic N) is 2. The highest BCUT2D eigenvalue weighted by atomic mass is 16.5. The van der Waals surface area contributed by atoms with Gasteiger partial charge in [0, 0.05) is 33.0 Å². The van der Waals surface area contributed by atoms with Crippen molar-refractivity contribution >= 4 is 41.3 Å². The molecule has 1 aliphatic heterocycles. The molecule has 6 atom stereocenters. The second-order valence-electron chi connectivity index (χ2n) is 15.2. The number of ketones is 1. The lowest BCUT2D eigenvalue weighted by Crippen LogP contribution is -2.58. The van der Waals surface area contributed by atoms with Crippen LogP contribution in [0.3, 0.4) is 0 Å². The number of likely N-dealkylation sites (N-methyl/N-ethyl adjacent to an activating group) is 1. The molecule has 3 N–H and O–H groups in total. The summed E-state index contributed by atoms with van der Waals surface area (Å²) in [6, 6.07) is 5.58. The highest BCUT2D eigenvalue weighted by Crippen LogP contribution is 2.65. The van der Waals surface area contributed by atoms with Crippen molar-refractivity contribution in [1.29, 1.82) is 0 Å². The van der Waals surface area contributed by atoms with Gasteiger partial charge in [0.2, 0.25) is 23.5 Å². The van der Waals surface area contributed by atoms with Crippen molar-refractivity contribution in [3.63, 3.8) is 0 Å².